The number of ether oxygens (including phenoxy) is 8. The van der Waals surface area contributed by atoms with Crippen LogP contribution in [0.25, 0.3) is 45.1 Å². The molecule has 5 rings (SSSR count). The second-order valence-corrected chi connectivity index (χ2v) is 27.7. The van der Waals surface area contributed by atoms with Gasteiger partial charge in [0, 0.05) is 0 Å². The largest absolute Gasteiger partial charge is 2.00 e. The van der Waals surface area contributed by atoms with E-state index in [0.717, 1.165) is 103 Å². The van der Waals surface area contributed by atoms with Gasteiger partial charge in [0.1, 0.15) is 45.8 Å². The molecule has 0 amide bonds. The van der Waals surface area contributed by atoms with E-state index in [1.54, 1.807) is 0 Å². The number of nitrogens with zero attached hydrogens (tertiary/aromatic N) is 4. The summed E-state index contributed by atoms with van der Waals surface area (Å²) >= 11 is 0. The SMILES string of the molecule is CCCCCCCCOC1=C(OCCCCCCCC)c2cc3[n-]c(cc4[n-]c(cc5nc(cc1n2)C(OCCCCCCCC)=C5OCCCCCCCC)c(OCCCCCCCC)c4OCCCCCCCC)c(OCCCCCCCC)c3OCCCCCCCC.[Zn+2]. The molecule has 13 heteroatoms. The number of fused-ring (bicyclic) bond motifs is 8. The first kappa shape index (κ1) is 85.0. The van der Waals surface area contributed by atoms with Crippen LogP contribution in [0.15, 0.2) is 24.3 Å². The van der Waals surface area contributed by atoms with E-state index in [2.05, 4.69) is 79.7 Å². The molecule has 0 atom stereocenters. The normalized spacial score (nSPS) is 12.2. The van der Waals surface area contributed by atoms with Crippen LogP contribution >= 0.6 is 0 Å². The third kappa shape index (κ3) is 33.8. The van der Waals surface area contributed by atoms with Gasteiger partial charge in [-0.25, -0.2) is 9.97 Å². The van der Waals surface area contributed by atoms with Crippen molar-refractivity contribution in [3.63, 3.8) is 0 Å². The van der Waals surface area contributed by atoms with Crippen LogP contribution in [0, 0.1) is 0 Å². The fourth-order valence-electron chi connectivity index (χ4n) is 12.7. The predicted molar refractivity (Wildman–Crippen MR) is 405 cm³/mol. The topological polar surface area (TPSA) is 128 Å². The van der Waals surface area contributed by atoms with Crippen LogP contribution in [0.1, 0.15) is 386 Å². The zero-order valence-corrected chi connectivity index (χ0v) is 66.6. The summed E-state index contributed by atoms with van der Waals surface area (Å²) in [6.45, 7) is 22.4. The molecule has 3 aromatic rings. The van der Waals surface area contributed by atoms with Crippen LogP contribution in [0.3, 0.4) is 0 Å². The Kier molecular flexibility index (Phi) is 49.3. The molecule has 5 heterocycles. The van der Waals surface area contributed by atoms with Crippen molar-refractivity contribution in [3.8, 4) is 23.0 Å². The van der Waals surface area contributed by atoms with Crippen molar-refractivity contribution in [2.24, 2.45) is 0 Å². The van der Waals surface area contributed by atoms with Crippen LogP contribution in [0.5, 0.6) is 23.0 Å². The van der Waals surface area contributed by atoms with Gasteiger partial charge in [-0.2, -0.15) is 0 Å². The van der Waals surface area contributed by atoms with Gasteiger partial charge in [-0.3, -0.25) is 0 Å². The van der Waals surface area contributed by atoms with Crippen molar-refractivity contribution in [3.05, 3.63) is 47.0 Å². The van der Waals surface area contributed by atoms with Crippen molar-refractivity contribution in [1.29, 1.82) is 0 Å². The number of unbranched alkanes of at least 4 members (excludes halogenated alkanes) is 40. The third-order valence-electron chi connectivity index (χ3n) is 18.7. The molecule has 97 heavy (non-hydrogen) atoms. The maximum Gasteiger partial charge on any atom is 2.00 e. The van der Waals surface area contributed by atoms with Crippen LogP contribution in [0.4, 0.5) is 0 Å². The molecule has 8 bridgehead atoms. The molecule has 2 aliphatic heterocycles. The molecule has 0 spiro atoms. The maximum absolute atomic E-state index is 7.09. The van der Waals surface area contributed by atoms with Crippen LogP contribution in [-0.4, -0.2) is 62.8 Å². The van der Waals surface area contributed by atoms with Gasteiger partial charge in [0.2, 0.25) is 0 Å². The van der Waals surface area contributed by atoms with E-state index in [9.17, 15) is 0 Å². The summed E-state index contributed by atoms with van der Waals surface area (Å²) in [4.78, 5) is 22.4. The molecule has 3 aromatic heterocycles. The van der Waals surface area contributed by atoms with E-state index in [4.69, 9.17) is 57.8 Å². The zero-order valence-electron chi connectivity index (χ0n) is 63.7. The molecule has 546 valence electrons. The smallest absolute Gasteiger partial charge is 0.652 e. The Morgan fingerprint density at radius 2 is 0.371 bits per heavy atom. The second kappa shape index (κ2) is 56.3. The number of rotatable bonds is 64. The van der Waals surface area contributed by atoms with Gasteiger partial charge in [-0.15, -0.1) is 0 Å². The molecule has 2 aliphatic rings. The molecular formula is C84H140N4O8Zn. The minimum Gasteiger partial charge on any atom is -0.652 e. The Bertz CT molecular complexity index is 2520. The Morgan fingerprint density at radius 3 is 0.577 bits per heavy atom. The summed E-state index contributed by atoms with van der Waals surface area (Å²) in [5.74, 6) is 4.90. The zero-order chi connectivity index (χ0) is 68.1. The first-order valence-corrected chi connectivity index (χ1v) is 40.7. The predicted octanol–water partition coefficient (Wildman–Crippen LogP) is 25.7. The fraction of sp³-hybridized carbons (Fsp3) is 0.762. The van der Waals surface area contributed by atoms with Crippen molar-refractivity contribution in [2.45, 2.75) is 364 Å². The van der Waals surface area contributed by atoms with Crippen molar-refractivity contribution in [1.82, 2.24) is 19.9 Å². The molecular weight excluding hydrogens is 1260 g/mol. The fourth-order valence-corrected chi connectivity index (χ4v) is 12.7. The minimum absolute atomic E-state index is 0. The van der Waals surface area contributed by atoms with Crippen molar-refractivity contribution < 1.29 is 57.4 Å². The Hall–Kier alpha value is -4.38. The Labute approximate surface area is 605 Å². The third-order valence-corrected chi connectivity index (χ3v) is 18.7. The first-order valence-electron chi connectivity index (χ1n) is 40.7. The number of hydrogen-bond donors (Lipinski definition) is 0. The van der Waals surface area contributed by atoms with Crippen molar-refractivity contribution >= 4 is 45.1 Å². The summed E-state index contributed by atoms with van der Waals surface area (Å²) in [6, 6.07) is 8.22. The van der Waals surface area contributed by atoms with E-state index in [1.165, 1.54) is 205 Å². The average molecular weight is 1400 g/mol. The van der Waals surface area contributed by atoms with Crippen molar-refractivity contribution in [2.75, 3.05) is 52.9 Å². The number of aromatic nitrogens is 4. The molecule has 0 unspecified atom stereocenters. The van der Waals surface area contributed by atoms with Gasteiger partial charge < -0.3 is 47.9 Å². The molecule has 0 saturated heterocycles. The van der Waals surface area contributed by atoms with Gasteiger partial charge in [0.05, 0.1) is 52.9 Å². The van der Waals surface area contributed by atoms with Gasteiger partial charge in [0.25, 0.3) is 0 Å². The van der Waals surface area contributed by atoms with Crippen LogP contribution < -0.4 is 28.9 Å². The summed E-state index contributed by atoms with van der Waals surface area (Å²) in [5, 5.41) is 0. The molecule has 0 aromatic carbocycles. The van der Waals surface area contributed by atoms with E-state index >= 15 is 0 Å². The molecule has 0 N–H and O–H groups in total. The van der Waals surface area contributed by atoms with E-state index in [1.807, 2.05) is 0 Å². The van der Waals surface area contributed by atoms with E-state index in [0.29, 0.717) is 144 Å². The van der Waals surface area contributed by atoms with Gasteiger partial charge in [-0.1, -0.05) is 340 Å². The summed E-state index contributed by atoms with van der Waals surface area (Å²) in [5.41, 5.74) is 5.02. The molecule has 0 saturated carbocycles. The van der Waals surface area contributed by atoms with Gasteiger partial charge in [-0.05, 0) is 69.6 Å². The Balaban J connectivity index is 0.0000200. The van der Waals surface area contributed by atoms with Crippen LogP contribution in [0.2, 0.25) is 0 Å². The standard InChI is InChI=1S/C84H140N4O8.Zn/c1-9-17-25-33-41-49-57-89-77-69-65-71-79(91-59-51-43-35-27-19-11-3)81(93-61-53-45-37-29-21-13-5)73(86-71)67-75-83(95-63-55-47-39-31-23-15-7)84(96-64-56-48-40-32-24-16-8)76(88-75)68-74-82(94-62-54-46-38-30-22-14-6)80(92-60-52-44-36-28-20-12-4)72(87-74)66-70(85-69)78(77)90-58-50-42-34-26-18-10-2;/h65-68H,9-64H2,1-8H3;/q-2;+2. The average Bonchev–Trinajstić information content (AvgIpc) is 1.62. The van der Waals surface area contributed by atoms with Crippen LogP contribution in [-0.2, 0) is 38.4 Å². The molecule has 0 radical (unpaired) electrons. The van der Waals surface area contributed by atoms with E-state index < -0.39 is 0 Å². The Morgan fingerprint density at radius 1 is 0.206 bits per heavy atom. The monoisotopic (exact) mass is 1400 g/mol. The van der Waals surface area contributed by atoms with E-state index in [-0.39, 0.29) is 19.5 Å². The first-order chi connectivity index (χ1) is 47.5. The molecule has 0 fully saturated rings. The number of hydrogen-bond acceptors (Lipinski definition) is 10. The van der Waals surface area contributed by atoms with Gasteiger partial charge >= 0.3 is 19.5 Å². The summed E-state index contributed by atoms with van der Waals surface area (Å²) in [6.07, 6.45) is 55.0. The second-order valence-electron chi connectivity index (χ2n) is 27.7. The summed E-state index contributed by atoms with van der Waals surface area (Å²) < 4.78 is 56.7. The summed E-state index contributed by atoms with van der Waals surface area (Å²) in [7, 11) is 0. The maximum atomic E-state index is 7.09. The molecule has 12 nitrogen and oxygen atoms in total. The molecule has 0 aliphatic carbocycles. The quantitative estimate of drug-likeness (QED) is 0.0394. The minimum atomic E-state index is 0. The van der Waals surface area contributed by atoms with Gasteiger partial charge in [0.15, 0.2) is 23.0 Å².